The molecular formula is C25H28N2O6S. The molecule has 0 aromatic heterocycles. The Labute approximate surface area is 200 Å². The maximum absolute atomic E-state index is 12.9. The van der Waals surface area contributed by atoms with E-state index in [-0.39, 0.29) is 16.8 Å². The third-order valence-electron chi connectivity index (χ3n) is 5.47. The van der Waals surface area contributed by atoms with Gasteiger partial charge in [0.1, 0.15) is 5.75 Å². The minimum atomic E-state index is -3.76. The molecule has 0 aliphatic carbocycles. The van der Waals surface area contributed by atoms with Crippen molar-refractivity contribution in [3.8, 4) is 17.2 Å². The lowest BCUT2D eigenvalue weighted by atomic mass is 10.1. The fraction of sp³-hybridized carbons (Fsp3) is 0.240. The van der Waals surface area contributed by atoms with Crippen LogP contribution in [0.15, 0.2) is 71.6 Å². The van der Waals surface area contributed by atoms with Crippen molar-refractivity contribution in [3.63, 3.8) is 0 Å². The SMILES string of the molecule is COc1ccc(S(=O)(=O)N(C)c2ccc(C(=O)NC(C)c3ccc(OC)c(OC)c3)cc2)cc1. The summed E-state index contributed by atoms with van der Waals surface area (Å²) in [6.07, 6.45) is 0. The van der Waals surface area contributed by atoms with Crippen LogP contribution < -0.4 is 23.8 Å². The summed E-state index contributed by atoms with van der Waals surface area (Å²) in [5, 5.41) is 2.94. The molecule has 0 saturated heterocycles. The molecule has 0 aliphatic rings. The first-order valence-corrected chi connectivity index (χ1v) is 11.9. The average molecular weight is 485 g/mol. The molecule has 0 bridgehead atoms. The molecule has 1 atom stereocenters. The largest absolute Gasteiger partial charge is 0.497 e. The number of methoxy groups -OCH3 is 3. The van der Waals surface area contributed by atoms with E-state index in [1.54, 1.807) is 56.7 Å². The van der Waals surface area contributed by atoms with Crippen LogP contribution in [0.1, 0.15) is 28.9 Å². The van der Waals surface area contributed by atoms with E-state index in [2.05, 4.69) is 5.32 Å². The molecule has 180 valence electrons. The summed E-state index contributed by atoms with van der Waals surface area (Å²) >= 11 is 0. The number of amides is 1. The number of ether oxygens (including phenoxy) is 3. The van der Waals surface area contributed by atoms with Crippen molar-refractivity contribution in [2.45, 2.75) is 17.9 Å². The number of sulfonamides is 1. The summed E-state index contributed by atoms with van der Waals surface area (Å²) in [7, 11) is 2.33. The second-order valence-corrected chi connectivity index (χ2v) is 9.47. The standard InChI is InChI=1S/C25H28N2O6S/c1-17(19-8-15-23(32-4)24(16-19)33-5)26-25(28)18-6-9-20(10-7-18)27(2)34(29,30)22-13-11-21(31-3)12-14-22/h6-17H,1-5H3,(H,26,28). The Hall–Kier alpha value is -3.72. The number of benzene rings is 3. The second-order valence-electron chi connectivity index (χ2n) is 7.50. The summed E-state index contributed by atoms with van der Waals surface area (Å²) < 4.78 is 42.7. The van der Waals surface area contributed by atoms with Crippen LogP contribution in [0.5, 0.6) is 17.2 Å². The Bertz CT molecular complexity index is 1240. The van der Waals surface area contributed by atoms with E-state index in [0.717, 1.165) is 5.56 Å². The summed E-state index contributed by atoms with van der Waals surface area (Å²) in [5.41, 5.74) is 1.69. The number of carbonyl (C=O) groups is 1. The van der Waals surface area contributed by atoms with E-state index in [1.165, 1.54) is 30.6 Å². The molecular weight excluding hydrogens is 456 g/mol. The summed E-state index contributed by atoms with van der Waals surface area (Å²) in [6, 6.07) is 17.7. The lowest BCUT2D eigenvalue weighted by Gasteiger charge is -2.20. The fourth-order valence-corrected chi connectivity index (χ4v) is 4.55. The highest BCUT2D eigenvalue weighted by atomic mass is 32.2. The van der Waals surface area contributed by atoms with Gasteiger partial charge in [0, 0.05) is 12.6 Å². The van der Waals surface area contributed by atoms with Crippen LogP contribution in [-0.2, 0) is 10.0 Å². The molecule has 3 aromatic carbocycles. The number of hydrogen-bond acceptors (Lipinski definition) is 6. The van der Waals surface area contributed by atoms with Gasteiger partial charge in [-0.1, -0.05) is 6.07 Å². The molecule has 0 spiro atoms. The minimum Gasteiger partial charge on any atom is -0.497 e. The van der Waals surface area contributed by atoms with Crippen LogP contribution in [0.25, 0.3) is 0 Å². The van der Waals surface area contributed by atoms with Gasteiger partial charge in [-0.05, 0) is 73.2 Å². The zero-order valence-corrected chi connectivity index (χ0v) is 20.5. The van der Waals surface area contributed by atoms with Gasteiger partial charge < -0.3 is 19.5 Å². The van der Waals surface area contributed by atoms with Crippen LogP contribution >= 0.6 is 0 Å². The zero-order valence-electron chi connectivity index (χ0n) is 19.7. The van der Waals surface area contributed by atoms with Gasteiger partial charge in [0.2, 0.25) is 0 Å². The Morgan fingerprint density at radius 3 is 2.03 bits per heavy atom. The Kier molecular flexibility index (Phi) is 7.68. The van der Waals surface area contributed by atoms with Crippen LogP contribution in [0.3, 0.4) is 0 Å². The molecule has 8 nitrogen and oxygen atoms in total. The highest BCUT2D eigenvalue weighted by molar-refractivity contribution is 7.92. The van der Waals surface area contributed by atoms with E-state index in [1.807, 2.05) is 19.1 Å². The van der Waals surface area contributed by atoms with Crippen molar-refractivity contribution >= 4 is 21.6 Å². The number of nitrogens with one attached hydrogen (secondary N) is 1. The topological polar surface area (TPSA) is 94.2 Å². The quantitative estimate of drug-likeness (QED) is 0.493. The molecule has 0 heterocycles. The van der Waals surface area contributed by atoms with Gasteiger partial charge >= 0.3 is 0 Å². The van der Waals surface area contributed by atoms with Crippen molar-refractivity contribution in [1.82, 2.24) is 5.32 Å². The van der Waals surface area contributed by atoms with Crippen molar-refractivity contribution < 1.29 is 27.4 Å². The average Bonchev–Trinajstić information content (AvgIpc) is 2.87. The van der Waals surface area contributed by atoms with E-state index >= 15 is 0 Å². The summed E-state index contributed by atoms with van der Waals surface area (Å²) in [6.45, 7) is 1.86. The molecule has 3 aromatic rings. The highest BCUT2D eigenvalue weighted by Gasteiger charge is 2.22. The van der Waals surface area contributed by atoms with E-state index in [4.69, 9.17) is 14.2 Å². The Morgan fingerprint density at radius 1 is 0.853 bits per heavy atom. The van der Waals surface area contributed by atoms with Crippen LogP contribution in [-0.4, -0.2) is 42.7 Å². The van der Waals surface area contributed by atoms with Gasteiger partial charge in [-0.2, -0.15) is 0 Å². The van der Waals surface area contributed by atoms with Crippen molar-refractivity contribution in [2.24, 2.45) is 0 Å². The first-order valence-electron chi connectivity index (χ1n) is 10.5. The molecule has 0 fully saturated rings. The number of rotatable bonds is 9. The van der Waals surface area contributed by atoms with E-state index in [0.29, 0.717) is 28.5 Å². The molecule has 0 saturated carbocycles. The predicted molar refractivity (Wildman–Crippen MR) is 130 cm³/mol. The number of carbonyl (C=O) groups excluding carboxylic acids is 1. The monoisotopic (exact) mass is 484 g/mol. The normalized spacial score (nSPS) is 11.9. The number of hydrogen-bond donors (Lipinski definition) is 1. The van der Waals surface area contributed by atoms with Gasteiger partial charge in [0.15, 0.2) is 11.5 Å². The number of anilines is 1. The second kappa shape index (κ2) is 10.5. The Balaban J connectivity index is 1.72. The van der Waals surface area contributed by atoms with Crippen LogP contribution in [0.4, 0.5) is 5.69 Å². The van der Waals surface area contributed by atoms with Gasteiger partial charge in [-0.25, -0.2) is 8.42 Å². The molecule has 34 heavy (non-hydrogen) atoms. The molecule has 9 heteroatoms. The lowest BCUT2D eigenvalue weighted by Crippen LogP contribution is -2.28. The van der Waals surface area contributed by atoms with E-state index < -0.39 is 10.0 Å². The molecule has 1 amide bonds. The fourth-order valence-electron chi connectivity index (χ4n) is 3.35. The number of nitrogens with zero attached hydrogens (tertiary/aromatic N) is 1. The van der Waals surface area contributed by atoms with Gasteiger partial charge in [0.05, 0.1) is 38.0 Å². The zero-order chi connectivity index (χ0) is 24.9. The van der Waals surface area contributed by atoms with Gasteiger partial charge in [-0.3, -0.25) is 9.10 Å². The summed E-state index contributed by atoms with van der Waals surface area (Å²) in [4.78, 5) is 12.9. The molecule has 3 rings (SSSR count). The minimum absolute atomic E-state index is 0.140. The third kappa shape index (κ3) is 5.26. The van der Waals surface area contributed by atoms with Gasteiger partial charge in [0.25, 0.3) is 15.9 Å². The van der Waals surface area contributed by atoms with E-state index in [9.17, 15) is 13.2 Å². The molecule has 0 aliphatic heterocycles. The van der Waals surface area contributed by atoms with Crippen molar-refractivity contribution in [1.29, 1.82) is 0 Å². The predicted octanol–water partition coefficient (Wildman–Crippen LogP) is 4.03. The van der Waals surface area contributed by atoms with Gasteiger partial charge in [-0.15, -0.1) is 0 Å². The highest BCUT2D eigenvalue weighted by Crippen LogP contribution is 2.30. The molecule has 1 unspecified atom stereocenters. The van der Waals surface area contributed by atoms with Crippen LogP contribution in [0.2, 0.25) is 0 Å². The maximum atomic E-state index is 12.9. The summed E-state index contributed by atoms with van der Waals surface area (Å²) in [5.74, 6) is 1.47. The first kappa shape index (κ1) is 24.9. The smallest absolute Gasteiger partial charge is 0.264 e. The van der Waals surface area contributed by atoms with Crippen molar-refractivity contribution in [2.75, 3.05) is 32.7 Å². The molecule has 1 N–H and O–H groups in total. The molecule has 0 radical (unpaired) electrons. The maximum Gasteiger partial charge on any atom is 0.264 e. The third-order valence-corrected chi connectivity index (χ3v) is 7.27. The first-order chi connectivity index (χ1) is 16.2. The lowest BCUT2D eigenvalue weighted by molar-refractivity contribution is 0.0940. The van der Waals surface area contributed by atoms with Crippen molar-refractivity contribution in [3.05, 3.63) is 77.9 Å². The van der Waals surface area contributed by atoms with Crippen LogP contribution in [0, 0.1) is 0 Å². The Morgan fingerprint density at radius 2 is 1.47 bits per heavy atom.